The summed E-state index contributed by atoms with van der Waals surface area (Å²) in [6.07, 6.45) is 5.39. The van der Waals surface area contributed by atoms with E-state index >= 15 is 0 Å². The Balaban J connectivity index is 1.52. The minimum absolute atomic E-state index is 0.181. The molecule has 1 amide bonds. The Morgan fingerprint density at radius 1 is 1.24 bits per heavy atom. The first-order chi connectivity index (χ1) is 16.0. The second-order valence-corrected chi connectivity index (χ2v) is 8.90. The number of carbonyl (C=O) groups is 2. The molecule has 0 unspecified atom stereocenters. The lowest BCUT2D eigenvalue weighted by Gasteiger charge is -2.24. The third-order valence-electron chi connectivity index (χ3n) is 5.80. The summed E-state index contributed by atoms with van der Waals surface area (Å²) in [6.45, 7) is 5.63. The van der Waals surface area contributed by atoms with Gasteiger partial charge in [0.1, 0.15) is 5.82 Å². The largest absolute Gasteiger partial charge is 0.468 e. The lowest BCUT2D eigenvalue weighted by molar-refractivity contribution is -0.139. The molecule has 2 aromatic rings. The predicted molar refractivity (Wildman–Crippen MR) is 133 cm³/mol. The van der Waals surface area contributed by atoms with Crippen molar-refractivity contribution in [2.24, 2.45) is 0 Å². The van der Waals surface area contributed by atoms with Gasteiger partial charge in [0.15, 0.2) is 0 Å². The van der Waals surface area contributed by atoms with Gasteiger partial charge in [-0.05, 0) is 77.6 Å². The molecule has 0 saturated carbocycles. The van der Waals surface area contributed by atoms with Crippen LogP contribution in [0.3, 0.4) is 0 Å². The summed E-state index contributed by atoms with van der Waals surface area (Å²) in [5.41, 5.74) is 2.58. The molecule has 8 nitrogen and oxygen atoms in total. The van der Waals surface area contributed by atoms with Crippen LogP contribution in [-0.2, 0) is 16.1 Å². The van der Waals surface area contributed by atoms with E-state index in [0.717, 1.165) is 35.2 Å². The van der Waals surface area contributed by atoms with Gasteiger partial charge in [0.2, 0.25) is 0 Å². The molecule has 1 atom stereocenters. The minimum atomic E-state index is -0.293. The summed E-state index contributed by atoms with van der Waals surface area (Å²) in [7, 11) is 1.36. The van der Waals surface area contributed by atoms with E-state index < -0.39 is 0 Å². The van der Waals surface area contributed by atoms with Crippen molar-refractivity contribution in [1.82, 2.24) is 15.2 Å². The van der Waals surface area contributed by atoms with Crippen LogP contribution < -0.4 is 16.0 Å². The fourth-order valence-electron chi connectivity index (χ4n) is 3.94. The van der Waals surface area contributed by atoms with Gasteiger partial charge < -0.3 is 20.7 Å². The number of rotatable bonds is 11. The van der Waals surface area contributed by atoms with Gasteiger partial charge in [-0.15, -0.1) is 0 Å². The third-order valence-corrected chi connectivity index (χ3v) is 6.51. The summed E-state index contributed by atoms with van der Waals surface area (Å²) in [6, 6.07) is 9.83. The van der Waals surface area contributed by atoms with E-state index in [9.17, 15) is 9.59 Å². The van der Waals surface area contributed by atoms with Gasteiger partial charge >= 0.3 is 5.97 Å². The first-order valence-corrected chi connectivity index (χ1v) is 12.1. The summed E-state index contributed by atoms with van der Waals surface area (Å²) < 4.78 is 5.53. The van der Waals surface area contributed by atoms with Crippen molar-refractivity contribution in [1.29, 1.82) is 0 Å². The van der Waals surface area contributed by atoms with Crippen molar-refractivity contribution in [3.63, 3.8) is 0 Å². The van der Waals surface area contributed by atoms with Crippen LogP contribution in [-0.4, -0.2) is 61.1 Å². The number of nitrogens with one attached hydrogen (secondary N) is 3. The topological polar surface area (TPSA) is 95.6 Å². The molecule has 178 valence electrons. The maximum absolute atomic E-state index is 12.7. The SMILES string of the molecule is CC[C@@H]1CCCN1Cc1cc(NC(=O)c2ccc(NCCNCC(=O)OC)cc2)ncc1Br. The van der Waals surface area contributed by atoms with Crippen molar-refractivity contribution in [3.05, 3.63) is 52.1 Å². The number of methoxy groups -OCH3 is 1. The van der Waals surface area contributed by atoms with Crippen molar-refractivity contribution in [2.75, 3.05) is 43.9 Å². The lowest BCUT2D eigenvalue weighted by atomic mass is 10.1. The Hall–Kier alpha value is -2.49. The Bertz CT molecular complexity index is 938. The second-order valence-electron chi connectivity index (χ2n) is 8.05. The standard InChI is InChI=1S/C24H32BrN5O3/c1-3-20-5-4-12-30(20)16-18-13-22(28-14-21(18)25)29-24(32)17-6-8-19(9-7-17)27-11-10-26-15-23(31)33-2/h6-9,13-14,20,26-27H,3-5,10-12,15-16H2,1-2H3,(H,28,29,32)/t20-/m1/s1. The number of pyridine rings is 1. The van der Waals surface area contributed by atoms with E-state index in [1.54, 1.807) is 18.3 Å². The fraction of sp³-hybridized carbons (Fsp3) is 0.458. The normalized spacial score (nSPS) is 15.9. The van der Waals surface area contributed by atoms with E-state index in [1.165, 1.54) is 20.0 Å². The summed E-state index contributed by atoms with van der Waals surface area (Å²) in [5.74, 6) is 0.0537. The number of esters is 1. The number of aromatic nitrogens is 1. The number of hydrogen-bond donors (Lipinski definition) is 3. The zero-order chi connectivity index (χ0) is 23.6. The molecular formula is C24H32BrN5O3. The highest BCUT2D eigenvalue weighted by Crippen LogP contribution is 2.26. The molecule has 0 aliphatic carbocycles. The Morgan fingerprint density at radius 2 is 2.03 bits per heavy atom. The highest BCUT2D eigenvalue weighted by atomic mass is 79.9. The Kier molecular flexibility index (Phi) is 9.65. The zero-order valence-electron chi connectivity index (χ0n) is 19.2. The molecule has 1 saturated heterocycles. The molecule has 1 aliphatic rings. The number of ether oxygens (including phenoxy) is 1. The van der Waals surface area contributed by atoms with Gasteiger partial charge in [-0.2, -0.15) is 0 Å². The van der Waals surface area contributed by atoms with Crippen molar-refractivity contribution >= 4 is 39.3 Å². The number of likely N-dealkylation sites (tertiary alicyclic amines) is 1. The van der Waals surface area contributed by atoms with E-state index in [0.29, 0.717) is 30.5 Å². The van der Waals surface area contributed by atoms with E-state index in [4.69, 9.17) is 0 Å². The highest BCUT2D eigenvalue weighted by Gasteiger charge is 2.23. The maximum atomic E-state index is 12.7. The number of nitrogens with zero attached hydrogens (tertiary/aromatic N) is 2. The van der Waals surface area contributed by atoms with Gasteiger partial charge in [-0.25, -0.2) is 4.98 Å². The zero-order valence-corrected chi connectivity index (χ0v) is 20.8. The van der Waals surface area contributed by atoms with Crippen LogP contribution in [0.2, 0.25) is 0 Å². The van der Waals surface area contributed by atoms with Gasteiger partial charge in [-0.1, -0.05) is 6.92 Å². The number of benzene rings is 1. The van der Waals surface area contributed by atoms with Crippen LogP contribution in [0.4, 0.5) is 11.5 Å². The van der Waals surface area contributed by atoms with Crippen molar-refractivity contribution < 1.29 is 14.3 Å². The van der Waals surface area contributed by atoms with E-state index in [1.807, 2.05) is 18.2 Å². The van der Waals surface area contributed by atoms with Crippen LogP contribution in [0.25, 0.3) is 0 Å². The molecule has 33 heavy (non-hydrogen) atoms. The quantitative estimate of drug-likeness (QED) is 0.309. The molecule has 1 fully saturated rings. The molecule has 0 radical (unpaired) electrons. The smallest absolute Gasteiger partial charge is 0.319 e. The molecule has 1 aromatic carbocycles. The average molecular weight is 518 g/mol. The summed E-state index contributed by atoms with van der Waals surface area (Å²) in [4.78, 5) is 30.6. The molecule has 1 aromatic heterocycles. The first-order valence-electron chi connectivity index (χ1n) is 11.3. The number of hydrogen-bond acceptors (Lipinski definition) is 7. The average Bonchev–Trinajstić information content (AvgIpc) is 3.28. The van der Waals surface area contributed by atoms with Crippen molar-refractivity contribution in [3.8, 4) is 0 Å². The molecular weight excluding hydrogens is 486 g/mol. The van der Waals surface area contributed by atoms with E-state index in [2.05, 4.69) is 53.4 Å². The Labute approximate surface area is 203 Å². The molecule has 3 rings (SSSR count). The summed E-state index contributed by atoms with van der Waals surface area (Å²) in [5, 5.41) is 9.13. The number of carbonyl (C=O) groups excluding carboxylic acids is 2. The molecule has 0 spiro atoms. The molecule has 3 N–H and O–H groups in total. The van der Waals surface area contributed by atoms with Crippen LogP contribution in [0.5, 0.6) is 0 Å². The number of halogens is 1. The molecule has 1 aliphatic heterocycles. The number of amides is 1. The first kappa shape index (κ1) is 25.1. The molecule has 9 heteroatoms. The maximum Gasteiger partial charge on any atom is 0.319 e. The molecule has 2 heterocycles. The van der Waals surface area contributed by atoms with Gasteiger partial charge in [0.25, 0.3) is 5.91 Å². The highest BCUT2D eigenvalue weighted by molar-refractivity contribution is 9.10. The predicted octanol–water partition coefficient (Wildman–Crippen LogP) is 3.65. The van der Waals surface area contributed by atoms with E-state index in [-0.39, 0.29) is 18.4 Å². The van der Waals surface area contributed by atoms with Gasteiger partial charge in [0, 0.05) is 47.6 Å². The minimum Gasteiger partial charge on any atom is -0.468 e. The number of anilines is 2. The fourth-order valence-corrected chi connectivity index (χ4v) is 4.28. The monoisotopic (exact) mass is 517 g/mol. The second kappa shape index (κ2) is 12.7. The van der Waals surface area contributed by atoms with Crippen LogP contribution in [0.15, 0.2) is 41.0 Å². The van der Waals surface area contributed by atoms with Crippen LogP contribution >= 0.6 is 15.9 Å². The van der Waals surface area contributed by atoms with Crippen LogP contribution in [0, 0.1) is 0 Å². The Morgan fingerprint density at radius 3 is 2.76 bits per heavy atom. The summed E-state index contributed by atoms with van der Waals surface area (Å²) >= 11 is 3.60. The molecule has 0 bridgehead atoms. The third kappa shape index (κ3) is 7.52. The van der Waals surface area contributed by atoms with Gasteiger partial charge in [0.05, 0.1) is 13.7 Å². The van der Waals surface area contributed by atoms with Crippen molar-refractivity contribution in [2.45, 2.75) is 38.8 Å². The van der Waals surface area contributed by atoms with Gasteiger partial charge in [-0.3, -0.25) is 14.5 Å². The van der Waals surface area contributed by atoms with Crippen LogP contribution in [0.1, 0.15) is 42.1 Å². The lowest BCUT2D eigenvalue weighted by Crippen LogP contribution is -2.28.